The summed E-state index contributed by atoms with van der Waals surface area (Å²) in [5.74, 6) is 0.522. The zero-order chi connectivity index (χ0) is 6.97. The van der Waals surface area contributed by atoms with Crippen molar-refractivity contribution in [2.24, 2.45) is 16.1 Å². The Morgan fingerprint density at radius 1 is 1.50 bits per heavy atom. The molecule has 3 heteroatoms. The van der Waals surface area contributed by atoms with E-state index in [1.165, 1.54) is 11.4 Å². The Morgan fingerprint density at radius 3 is 3.20 bits per heavy atom. The number of hydrogen-bond donors (Lipinski definition) is 1. The van der Waals surface area contributed by atoms with E-state index in [-0.39, 0.29) is 0 Å². The van der Waals surface area contributed by atoms with Gasteiger partial charge in [0, 0.05) is 25.2 Å². The van der Waals surface area contributed by atoms with Gasteiger partial charge in [0.2, 0.25) is 0 Å². The van der Waals surface area contributed by atoms with Crippen molar-refractivity contribution in [3.8, 4) is 0 Å². The summed E-state index contributed by atoms with van der Waals surface area (Å²) in [7, 11) is 0. The maximum absolute atomic E-state index is 4.10. The quantitative estimate of drug-likeness (QED) is 0.516. The van der Waals surface area contributed by atoms with Crippen LogP contribution >= 0.6 is 0 Å². The van der Waals surface area contributed by atoms with Crippen LogP contribution in [0.2, 0.25) is 0 Å². The zero-order valence-electron chi connectivity index (χ0n) is 6.09. The Hall–Kier alpha value is -0.700. The SMILES string of the molecule is CC1=NN=C2CCNCC12. The van der Waals surface area contributed by atoms with E-state index in [1.54, 1.807) is 0 Å². The van der Waals surface area contributed by atoms with E-state index in [0.717, 1.165) is 19.5 Å². The molecule has 1 unspecified atom stereocenters. The Morgan fingerprint density at radius 2 is 2.40 bits per heavy atom. The van der Waals surface area contributed by atoms with Crippen LogP contribution < -0.4 is 5.32 Å². The third-order valence-electron chi connectivity index (χ3n) is 2.15. The third kappa shape index (κ3) is 0.778. The fourth-order valence-electron chi connectivity index (χ4n) is 1.48. The van der Waals surface area contributed by atoms with E-state index in [1.807, 2.05) is 6.92 Å². The molecule has 1 saturated heterocycles. The molecule has 0 aromatic carbocycles. The Bertz CT molecular complexity index is 205. The molecule has 0 spiro atoms. The lowest BCUT2D eigenvalue weighted by atomic mass is 9.94. The molecule has 0 aliphatic carbocycles. The predicted molar refractivity (Wildman–Crippen MR) is 41.5 cm³/mol. The largest absolute Gasteiger partial charge is 0.315 e. The molecule has 1 fully saturated rings. The van der Waals surface area contributed by atoms with Crippen molar-refractivity contribution in [1.29, 1.82) is 0 Å². The molecule has 3 nitrogen and oxygen atoms in total. The van der Waals surface area contributed by atoms with Gasteiger partial charge in [-0.25, -0.2) is 0 Å². The van der Waals surface area contributed by atoms with E-state index in [4.69, 9.17) is 0 Å². The van der Waals surface area contributed by atoms with Gasteiger partial charge in [-0.1, -0.05) is 0 Å². The van der Waals surface area contributed by atoms with Crippen LogP contribution in [0.15, 0.2) is 10.2 Å². The topological polar surface area (TPSA) is 36.8 Å². The molecule has 10 heavy (non-hydrogen) atoms. The summed E-state index contributed by atoms with van der Waals surface area (Å²) in [5.41, 5.74) is 2.44. The normalized spacial score (nSPS) is 31.1. The summed E-state index contributed by atoms with van der Waals surface area (Å²) in [6.45, 7) is 4.15. The van der Waals surface area contributed by atoms with Crippen molar-refractivity contribution in [2.45, 2.75) is 13.3 Å². The van der Waals surface area contributed by atoms with Gasteiger partial charge in [-0.3, -0.25) is 0 Å². The molecule has 54 valence electrons. The average molecular weight is 137 g/mol. The molecular weight excluding hydrogens is 126 g/mol. The van der Waals surface area contributed by atoms with E-state index < -0.39 is 0 Å². The summed E-state index contributed by atoms with van der Waals surface area (Å²) >= 11 is 0. The highest BCUT2D eigenvalue weighted by molar-refractivity contribution is 6.10. The fourth-order valence-corrected chi connectivity index (χ4v) is 1.48. The summed E-state index contributed by atoms with van der Waals surface area (Å²) in [4.78, 5) is 0. The number of piperidine rings is 1. The number of rotatable bonds is 0. The predicted octanol–water partition coefficient (Wildman–Crippen LogP) is 0.426. The summed E-state index contributed by atoms with van der Waals surface area (Å²) in [6, 6.07) is 0. The van der Waals surface area contributed by atoms with Gasteiger partial charge in [0.1, 0.15) is 0 Å². The first-order valence-electron chi connectivity index (χ1n) is 3.69. The smallest absolute Gasteiger partial charge is 0.0518 e. The summed E-state index contributed by atoms with van der Waals surface area (Å²) in [6.07, 6.45) is 1.07. The van der Waals surface area contributed by atoms with Crippen molar-refractivity contribution < 1.29 is 0 Å². The van der Waals surface area contributed by atoms with Gasteiger partial charge in [-0.05, 0) is 6.92 Å². The van der Waals surface area contributed by atoms with Gasteiger partial charge >= 0.3 is 0 Å². The summed E-state index contributed by atoms with van der Waals surface area (Å²) < 4.78 is 0. The van der Waals surface area contributed by atoms with Crippen LogP contribution in [-0.4, -0.2) is 24.5 Å². The molecule has 0 bridgehead atoms. The number of nitrogens with one attached hydrogen (secondary N) is 1. The fraction of sp³-hybridized carbons (Fsp3) is 0.714. The van der Waals surface area contributed by atoms with Crippen LogP contribution in [0.3, 0.4) is 0 Å². The maximum Gasteiger partial charge on any atom is 0.0518 e. The molecule has 2 aliphatic heterocycles. The second-order valence-electron chi connectivity index (χ2n) is 2.84. The van der Waals surface area contributed by atoms with Crippen LogP contribution in [0.1, 0.15) is 13.3 Å². The molecule has 2 aliphatic rings. The second kappa shape index (κ2) is 2.16. The summed E-state index contributed by atoms with van der Waals surface area (Å²) in [5, 5.41) is 11.5. The molecule has 2 rings (SSSR count). The van der Waals surface area contributed by atoms with Crippen molar-refractivity contribution in [1.82, 2.24) is 5.32 Å². The lowest BCUT2D eigenvalue weighted by Crippen LogP contribution is -2.38. The Labute approximate surface area is 60.2 Å². The maximum atomic E-state index is 4.10. The minimum absolute atomic E-state index is 0.522. The number of hydrogen-bond acceptors (Lipinski definition) is 3. The van der Waals surface area contributed by atoms with E-state index in [9.17, 15) is 0 Å². The van der Waals surface area contributed by atoms with E-state index >= 15 is 0 Å². The van der Waals surface area contributed by atoms with Crippen molar-refractivity contribution in [3.05, 3.63) is 0 Å². The Kier molecular flexibility index (Phi) is 1.31. The van der Waals surface area contributed by atoms with Crippen molar-refractivity contribution in [2.75, 3.05) is 13.1 Å². The van der Waals surface area contributed by atoms with Crippen LogP contribution in [0.5, 0.6) is 0 Å². The van der Waals surface area contributed by atoms with Gasteiger partial charge in [0.25, 0.3) is 0 Å². The highest BCUT2D eigenvalue weighted by atomic mass is 15.2. The number of fused-ring (bicyclic) bond motifs is 1. The monoisotopic (exact) mass is 137 g/mol. The molecule has 1 atom stereocenters. The molecule has 0 radical (unpaired) electrons. The first-order valence-corrected chi connectivity index (χ1v) is 3.69. The van der Waals surface area contributed by atoms with Gasteiger partial charge in [0.05, 0.1) is 11.6 Å². The molecule has 2 heterocycles. The molecule has 0 aromatic heterocycles. The lowest BCUT2D eigenvalue weighted by Gasteiger charge is -2.19. The lowest BCUT2D eigenvalue weighted by molar-refractivity contribution is 0.628. The molecule has 0 aromatic rings. The molecular formula is C7H11N3. The van der Waals surface area contributed by atoms with Gasteiger partial charge in [0.15, 0.2) is 0 Å². The van der Waals surface area contributed by atoms with Gasteiger partial charge in [-0.2, -0.15) is 10.2 Å². The van der Waals surface area contributed by atoms with Crippen LogP contribution in [0, 0.1) is 5.92 Å². The van der Waals surface area contributed by atoms with Crippen LogP contribution in [0.25, 0.3) is 0 Å². The van der Waals surface area contributed by atoms with Crippen LogP contribution in [0.4, 0.5) is 0 Å². The standard InChI is InChI=1S/C7H11N3/c1-5-6-4-8-3-2-7(6)10-9-5/h6,8H,2-4H2,1H3. The van der Waals surface area contributed by atoms with E-state index in [0.29, 0.717) is 5.92 Å². The minimum Gasteiger partial charge on any atom is -0.315 e. The first kappa shape index (κ1) is 6.04. The highest BCUT2D eigenvalue weighted by Gasteiger charge is 2.26. The Balaban J connectivity index is 2.19. The number of nitrogens with zero attached hydrogens (tertiary/aromatic N) is 2. The van der Waals surface area contributed by atoms with Gasteiger partial charge in [-0.15, -0.1) is 0 Å². The highest BCUT2D eigenvalue weighted by Crippen LogP contribution is 2.15. The van der Waals surface area contributed by atoms with Crippen molar-refractivity contribution in [3.63, 3.8) is 0 Å². The molecule has 1 N–H and O–H groups in total. The molecule has 0 saturated carbocycles. The van der Waals surface area contributed by atoms with Crippen molar-refractivity contribution >= 4 is 11.4 Å². The zero-order valence-corrected chi connectivity index (χ0v) is 6.09. The van der Waals surface area contributed by atoms with Crippen LogP contribution in [-0.2, 0) is 0 Å². The third-order valence-corrected chi connectivity index (χ3v) is 2.15. The average Bonchev–Trinajstić information content (AvgIpc) is 2.34. The van der Waals surface area contributed by atoms with E-state index in [2.05, 4.69) is 15.5 Å². The second-order valence-corrected chi connectivity index (χ2v) is 2.84. The first-order chi connectivity index (χ1) is 4.88. The minimum atomic E-state index is 0.522. The molecule has 0 amide bonds. The van der Waals surface area contributed by atoms with Gasteiger partial charge < -0.3 is 5.32 Å².